The summed E-state index contributed by atoms with van der Waals surface area (Å²) in [6.07, 6.45) is 5.67. The van der Waals surface area contributed by atoms with Crippen LogP contribution in [0.4, 0.5) is 0 Å². The molecule has 1 aliphatic heterocycles. The lowest BCUT2D eigenvalue weighted by atomic mass is 9.98. The molecule has 1 saturated heterocycles. The molecule has 2 atom stereocenters. The molecule has 0 bridgehead atoms. The second-order valence-corrected chi connectivity index (χ2v) is 8.13. The van der Waals surface area contributed by atoms with Crippen molar-refractivity contribution in [1.82, 2.24) is 19.4 Å². The van der Waals surface area contributed by atoms with Crippen molar-refractivity contribution >= 4 is 17.0 Å². The van der Waals surface area contributed by atoms with Gasteiger partial charge in [-0.05, 0) is 48.9 Å². The Morgan fingerprint density at radius 1 is 1.41 bits per heavy atom. The van der Waals surface area contributed by atoms with Gasteiger partial charge in [0.2, 0.25) is 0 Å². The quantitative estimate of drug-likeness (QED) is 0.747. The molecule has 1 aliphatic carbocycles. The molecule has 2 fully saturated rings. The van der Waals surface area contributed by atoms with Gasteiger partial charge >= 0.3 is 5.97 Å². The fraction of sp³-hybridized carbons (Fsp3) is 0.450. The van der Waals surface area contributed by atoms with E-state index in [2.05, 4.69) is 21.4 Å². The highest BCUT2D eigenvalue weighted by atomic mass is 16.4. The largest absolute Gasteiger partial charge is 0.478 e. The molecule has 3 aromatic rings. The predicted molar refractivity (Wildman–Crippen MR) is 98.4 cm³/mol. The van der Waals surface area contributed by atoms with E-state index >= 15 is 0 Å². The monoisotopic (exact) mass is 366 g/mol. The van der Waals surface area contributed by atoms with Crippen molar-refractivity contribution in [2.75, 3.05) is 13.1 Å². The van der Waals surface area contributed by atoms with Crippen LogP contribution >= 0.6 is 0 Å². The molecule has 1 saturated carbocycles. The van der Waals surface area contributed by atoms with Crippen LogP contribution in [0.2, 0.25) is 0 Å². The minimum Gasteiger partial charge on any atom is -0.478 e. The van der Waals surface area contributed by atoms with E-state index in [1.807, 2.05) is 0 Å². The summed E-state index contributed by atoms with van der Waals surface area (Å²) in [7, 11) is 0. The van der Waals surface area contributed by atoms with Crippen LogP contribution in [-0.2, 0) is 13.1 Å². The number of fused-ring (bicyclic) bond motifs is 2. The van der Waals surface area contributed by atoms with Crippen LogP contribution in [-0.4, -0.2) is 43.6 Å². The summed E-state index contributed by atoms with van der Waals surface area (Å²) in [6, 6.07) is 5.09. The van der Waals surface area contributed by atoms with E-state index < -0.39 is 5.97 Å². The highest BCUT2D eigenvalue weighted by Crippen LogP contribution is 2.57. The number of hydrogen-bond donors (Lipinski definition) is 1. The fourth-order valence-electron chi connectivity index (χ4n) is 4.33. The lowest BCUT2D eigenvalue weighted by molar-refractivity contribution is 0.0697. The second-order valence-electron chi connectivity index (χ2n) is 8.13. The molecule has 0 spiro atoms. The third-order valence-electron chi connectivity index (χ3n) is 6.25. The van der Waals surface area contributed by atoms with E-state index in [1.54, 1.807) is 24.4 Å². The molecule has 0 radical (unpaired) electrons. The predicted octanol–water partition coefficient (Wildman–Crippen LogP) is 3.00. The zero-order chi connectivity index (χ0) is 18.6. The fourth-order valence-corrected chi connectivity index (χ4v) is 4.33. The van der Waals surface area contributed by atoms with Gasteiger partial charge in [-0.15, -0.1) is 0 Å². The standard InChI is InChI=1S/C20H22N4O3/c1-20-4-5-23(9-14(20)7-20)11-18-22-16-3-2-13(19(25)26)6-17(16)24(18)10-15-8-21-12-27-15/h2-3,6,8,12,14H,4-5,7,9-11H2,1H3,(H,25,26). The minimum absolute atomic E-state index is 0.263. The summed E-state index contributed by atoms with van der Waals surface area (Å²) in [5.41, 5.74) is 2.45. The van der Waals surface area contributed by atoms with Gasteiger partial charge in [0.15, 0.2) is 6.39 Å². The molecule has 2 aliphatic rings. The molecule has 2 unspecified atom stereocenters. The lowest BCUT2D eigenvalue weighted by Crippen LogP contribution is -2.34. The number of aromatic carboxylic acids is 1. The number of rotatable bonds is 5. The Labute approximate surface area is 156 Å². The zero-order valence-electron chi connectivity index (χ0n) is 15.3. The van der Waals surface area contributed by atoms with Crippen LogP contribution in [0.15, 0.2) is 35.2 Å². The topological polar surface area (TPSA) is 84.4 Å². The van der Waals surface area contributed by atoms with E-state index in [4.69, 9.17) is 9.40 Å². The third-order valence-corrected chi connectivity index (χ3v) is 6.25. The Morgan fingerprint density at radius 3 is 3.04 bits per heavy atom. The van der Waals surface area contributed by atoms with Crippen molar-refractivity contribution in [3.63, 3.8) is 0 Å². The number of benzene rings is 1. The van der Waals surface area contributed by atoms with E-state index in [0.29, 0.717) is 12.0 Å². The molecule has 0 amide bonds. The Balaban J connectivity index is 1.50. The maximum Gasteiger partial charge on any atom is 0.335 e. The maximum atomic E-state index is 11.4. The number of imidazole rings is 1. The number of oxazole rings is 1. The molecule has 1 N–H and O–H groups in total. The average molecular weight is 366 g/mol. The van der Waals surface area contributed by atoms with E-state index in [0.717, 1.165) is 48.2 Å². The number of likely N-dealkylation sites (tertiary alicyclic amines) is 1. The van der Waals surface area contributed by atoms with E-state index in [-0.39, 0.29) is 5.56 Å². The van der Waals surface area contributed by atoms with Gasteiger partial charge in [0.1, 0.15) is 11.6 Å². The molecule has 1 aromatic carbocycles. The third kappa shape index (κ3) is 2.92. The first kappa shape index (κ1) is 16.5. The van der Waals surface area contributed by atoms with Crippen molar-refractivity contribution in [1.29, 1.82) is 0 Å². The molecule has 5 rings (SSSR count). The van der Waals surface area contributed by atoms with Gasteiger partial charge in [-0.1, -0.05) is 6.92 Å². The number of hydrogen-bond acceptors (Lipinski definition) is 5. The van der Waals surface area contributed by atoms with Gasteiger partial charge in [-0.2, -0.15) is 0 Å². The van der Waals surface area contributed by atoms with Gasteiger partial charge in [-0.3, -0.25) is 4.90 Å². The number of piperidine rings is 1. The van der Waals surface area contributed by atoms with E-state index in [9.17, 15) is 9.90 Å². The first-order chi connectivity index (χ1) is 13.0. The lowest BCUT2D eigenvalue weighted by Gasteiger charge is -2.29. The summed E-state index contributed by atoms with van der Waals surface area (Å²) < 4.78 is 7.48. The number of nitrogens with zero attached hydrogens (tertiary/aromatic N) is 4. The van der Waals surface area contributed by atoms with Gasteiger partial charge in [0, 0.05) is 6.54 Å². The molecular weight excluding hydrogens is 344 g/mol. The van der Waals surface area contributed by atoms with Crippen LogP contribution in [0, 0.1) is 11.3 Å². The van der Waals surface area contributed by atoms with Crippen LogP contribution in [0.25, 0.3) is 11.0 Å². The number of carbonyl (C=O) groups is 1. The molecule has 140 valence electrons. The maximum absolute atomic E-state index is 11.4. The van der Waals surface area contributed by atoms with Crippen molar-refractivity contribution in [3.8, 4) is 0 Å². The number of carboxylic acids is 1. The van der Waals surface area contributed by atoms with Gasteiger partial charge < -0.3 is 14.1 Å². The highest BCUT2D eigenvalue weighted by Gasteiger charge is 2.52. The smallest absolute Gasteiger partial charge is 0.335 e. The average Bonchev–Trinajstić information content (AvgIpc) is 2.97. The molecule has 3 heterocycles. The van der Waals surface area contributed by atoms with Gasteiger partial charge in [-0.25, -0.2) is 14.8 Å². The molecule has 27 heavy (non-hydrogen) atoms. The molecule has 7 nitrogen and oxygen atoms in total. The van der Waals surface area contributed by atoms with Crippen LogP contribution in [0.5, 0.6) is 0 Å². The number of aromatic nitrogens is 3. The normalized spacial score (nSPS) is 24.9. The van der Waals surface area contributed by atoms with Crippen molar-refractivity contribution < 1.29 is 14.3 Å². The van der Waals surface area contributed by atoms with Crippen LogP contribution < -0.4 is 0 Å². The molecular formula is C20H22N4O3. The van der Waals surface area contributed by atoms with Crippen molar-refractivity contribution in [3.05, 3.63) is 47.9 Å². The van der Waals surface area contributed by atoms with E-state index in [1.165, 1.54) is 19.2 Å². The SMILES string of the molecule is CC12CCN(Cc3nc4ccc(C(=O)O)cc4n3Cc3cnco3)CC1C2. The Morgan fingerprint density at radius 2 is 2.30 bits per heavy atom. The Kier molecular flexibility index (Phi) is 3.62. The minimum atomic E-state index is -0.935. The second kappa shape index (κ2) is 5.92. The summed E-state index contributed by atoms with van der Waals surface area (Å²) in [4.78, 5) is 22.7. The first-order valence-corrected chi connectivity index (χ1v) is 9.34. The number of carboxylic acid groups (broad SMARTS) is 1. The first-order valence-electron chi connectivity index (χ1n) is 9.34. The van der Waals surface area contributed by atoms with Crippen LogP contribution in [0.3, 0.4) is 0 Å². The molecule has 7 heteroatoms. The summed E-state index contributed by atoms with van der Waals surface area (Å²) in [6.45, 7) is 5.84. The summed E-state index contributed by atoms with van der Waals surface area (Å²) >= 11 is 0. The summed E-state index contributed by atoms with van der Waals surface area (Å²) in [5.74, 6) is 1.53. The van der Waals surface area contributed by atoms with Gasteiger partial charge in [0.25, 0.3) is 0 Å². The van der Waals surface area contributed by atoms with Crippen molar-refractivity contribution in [2.45, 2.75) is 32.9 Å². The summed E-state index contributed by atoms with van der Waals surface area (Å²) in [5, 5.41) is 9.35. The Bertz CT molecular complexity index is 1010. The van der Waals surface area contributed by atoms with Gasteiger partial charge in [0.05, 0.1) is 35.9 Å². The highest BCUT2D eigenvalue weighted by molar-refractivity contribution is 5.92. The van der Waals surface area contributed by atoms with Crippen molar-refractivity contribution in [2.24, 2.45) is 11.3 Å². The van der Waals surface area contributed by atoms with Crippen LogP contribution in [0.1, 0.15) is 41.7 Å². The molecule has 2 aromatic heterocycles. The Hall–Kier alpha value is -2.67. The zero-order valence-corrected chi connectivity index (χ0v) is 15.3.